The van der Waals surface area contributed by atoms with Gasteiger partial charge in [0.2, 0.25) is 5.91 Å². The predicted octanol–water partition coefficient (Wildman–Crippen LogP) is 1.35. The highest BCUT2D eigenvalue weighted by atomic mass is 32.1. The van der Waals surface area contributed by atoms with Crippen LogP contribution in [0.5, 0.6) is 0 Å². The molecule has 1 N–H and O–H groups in total. The van der Waals surface area contributed by atoms with Crippen molar-refractivity contribution in [2.75, 3.05) is 19.1 Å². The molecule has 0 bridgehead atoms. The van der Waals surface area contributed by atoms with Crippen LogP contribution in [-0.4, -0.2) is 41.2 Å². The number of carbonyl (C=O) groups excluding carboxylic acids is 2. The molecule has 1 amide bonds. The third-order valence-electron chi connectivity index (χ3n) is 4.08. The first-order chi connectivity index (χ1) is 11.1. The number of nitrogens with zero attached hydrogens (tertiary/aromatic N) is 3. The summed E-state index contributed by atoms with van der Waals surface area (Å²) in [6.45, 7) is 0. The van der Waals surface area contributed by atoms with Gasteiger partial charge in [0.15, 0.2) is 5.13 Å². The fourth-order valence-corrected chi connectivity index (χ4v) is 3.54. The summed E-state index contributed by atoms with van der Waals surface area (Å²) in [6.07, 6.45) is 4.27. The summed E-state index contributed by atoms with van der Waals surface area (Å²) in [5, 5.41) is 9.40. The average molecular weight is 334 g/mol. The van der Waals surface area contributed by atoms with Gasteiger partial charge in [0.05, 0.1) is 25.4 Å². The highest BCUT2D eigenvalue weighted by molar-refractivity contribution is 7.14. The molecule has 0 saturated carbocycles. The summed E-state index contributed by atoms with van der Waals surface area (Å²) in [7, 11) is 3.08. The van der Waals surface area contributed by atoms with Crippen molar-refractivity contribution < 1.29 is 14.3 Å². The number of aryl methyl sites for hydroxylation is 1. The number of aromatic amines is 1. The number of fused-ring (bicyclic) bond motifs is 1. The summed E-state index contributed by atoms with van der Waals surface area (Å²) in [5.74, 6) is -0.343. The van der Waals surface area contributed by atoms with Gasteiger partial charge in [-0.15, -0.1) is 11.3 Å². The SMILES string of the molecule is COC(=O)Cc1csc(N(C)C(=O)[C@H]2CCc3[nH]ncc3C2)n1. The van der Waals surface area contributed by atoms with Gasteiger partial charge in [0.25, 0.3) is 0 Å². The molecule has 122 valence electrons. The van der Waals surface area contributed by atoms with Gasteiger partial charge in [0.1, 0.15) is 0 Å². The molecule has 2 aromatic heterocycles. The van der Waals surface area contributed by atoms with Crippen LogP contribution < -0.4 is 4.90 Å². The highest BCUT2D eigenvalue weighted by Crippen LogP contribution is 2.28. The number of aromatic nitrogens is 3. The first-order valence-electron chi connectivity index (χ1n) is 7.38. The van der Waals surface area contributed by atoms with E-state index in [1.807, 2.05) is 0 Å². The Morgan fingerprint density at radius 3 is 3.13 bits per heavy atom. The van der Waals surface area contributed by atoms with Gasteiger partial charge in [-0.1, -0.05) is 0 Å². The maximum atomic E-state index is 12.7. The van der Waals surface area contributed by atoms with Crippen LogP contribution in [0.4, 0.5) is 5.13 Å². The molecule has 0 aromatic carbocycles. The lowest BCUT2D eigenvalue weighted by molar-refractivity contribution is -0.139. The molecule has 23 heavy (non-hydrogen) atoms. The Morgan fingerprint density at radius 2 is 2.35 bits per heavy atom. The number of rotatable bonds is 4. The smallest absolute Gasteiger partial charge is 0.311 e. The van der Waals surface area contributed by atoms with Crippen LogP contribution in [-0.2, 0) is 33.6 Å². The summed E-state index contributed by atoms with van der Waals surface area (Å²) >= 11 is 1.36. The van der Waals surface area contributed by atoms with Crippen molar-refractivity contribution in [3.8, 4) is 0 Å². The number of carbonyl (C=O) groups is 2. The topological polar surface area (TPSA) is 88.2 Å². The Labute approximate surface area is 137 Å². The van der Waals surface area contributed by atoms with Crippen LogP contribution in [0.2, 0.25) is 0 Å². The van der Waals surface area contributed by atoms with Gasteiger partial charge in [-0.25, -0.2) is 4.98 Å². The maximum Gasteiger partial charge on any atom is 0.311 e. The molecule has 2 aromatic rings. The number of amides is 1. The largest absolute Gasteiger partial charge is 0.469 e. The zero-order valence-electron chi connectivity index (χ0n) is 13.0. The lowest BCUT2D eigenvalue weighted by atomic mass is 9.87. The zero-order valence-corrected chi connectivity index (χ0v) is 13.9. The molecule has 0 radical (unpaired) electrons. The number of H-pyrrole nitrogens is 1. The minimum atomic E-state index is -0.337. The number of anilines is 1. The Balaban J connectivity index is 1.67. The molecular formula is C15H18N4O3S. The second kappa shape index (κ2) is 6.49. The predicted molar refractivity (Wildman–Crippen MR) is 85.3 cm³/mol. The molecule has 0 saturated heterocycles. The molecule has 2 heterocycles. The van der Waals surface area contributed by atoms with E-state index < -0.39 is 0 Å². The number of ether oxygens (including phenoxy) is 1. The lowest BCUT2D eigenvalue weighted by Crippen LogP contribution is -2.35. The molecule has 0 unspecified atom stereocenters. The molecule has 0 aliphatic heterocycles. The average Bonchev–Trinajstić information content (AvgIpc) is 3.21. The van der Waals surface area contributed by atoms with Crippen molar-refractivity contribution in [2.24, 2.45) is 5.92 Å². The van der Waals surface area contributed by atoms with Crippen molar-refractivity contribution in [3.05, 3.63) is 28.5 Å². The molecule has 1 aliphatic rings. The third-order valence-corrected chi connectivity index (χ3v) is 5.04. The molecule has 1 aliphatic carbocycles. The van der Waals surface area contributed by atoms with E-state index in [1.165, 1.54) is 18.4 Å². The van der Waals surface area contributed by atoms with Crippen LogP contribution in [0.1, 0.15) is 23.4 Å². The molecular weight excluding hydrogens is 316 g/mol. The summed E-state index contributed by atoms with van der Waals surface area (Å²) in [4.78, 5) is 29.9. The van der Waals surface area contributed by atoms with E-state index in [1.54, 1.807) is 23.5 Å². The first-order valence-corrected chi connectivity index (χ1v) is 8.26. The van der Waals surface area contributed by atoms with Crippen LogP contribution in [0.3, 0.4) is 0 Å². The zero-order chi connectivity index (χ0) is 16.4. The van der Waals surface area contributed by atoms with Crippen LogP contribution in [0.15, 0.2) is 11.6 Å². The summed E-state index contributed by atoms with van der Waals surface area (Å²) in [5.41, 5.74) is 2.87. The van der Waals surface area contributed by atoms with E-state index in [-0.39, 0.29) is 24.2 Å². The quantitative estimate of drug-likeness (QED) is 0.853. The van der Waals surface area contributed by atoms with Gasteiger partial charge in [-0.3, -0.25) is 19.6 Å². The minimum Gasteiger partial charge on any atom is -0.469 e. The molecule has 7 nitrogen and oxygen atoms in total. The van der Waals surface area contributed by atoms with Gasteiger partial charge in [0, 0.05) is 24.0 Å². The van der Waals surface area contributed by atoms with Crippen molar-refractivity contribution in [3.63, 3.8) is 0 Å². The monoisotopic (exact) mass is 334 g/mol. The van der Waals surface area contributed by atoms with Crippen LogP contribution in [0.25, 0.3) is 0 Å². The lowest BCUT2D eigenvalue weighted by Gasteiger charge is -2.24. The van der Waals surface area contributed by atoms with E-state index in [4.69, 9.17) is 0 Å². The highest BCUT2D eigenvalue weighted by Gasteiger charge is 2.29. The van der Waals surface area contributed by atoms with E-state index in [2.05, 4.69) is 19.9 Å². The van der Waals surface area contributed by atoms with Crippen LogP contribution >= 0.6 is 11.3 Å². The van der Waals surface area contributed by atoms with E-state index in [0.717, 1.165) is 24.1 Å². The van der Waals surface area contributed by atoms with Crippen molar-refractivity contribution >= 4 is 28.3 Å². The fourth-order valence-electron chi connectivity index (χ4n) is 2.75. The number of hydrogen-bond donors (Lipinski definition) is 1. The van der Waals surface area contributed by atoms with Gasteiger partial charge in [-0.2, -0.15) is 5.10 Å². The number of hydrogen-bond acceptors (Lipinski definition) is 6. The third kappa shape index (κ3) is 3.26. The van der Waals surface area contributed by atoms with Crippen molar-refractivity contribution in [1.29, 1.82) is 0 Å². The molecule has 0 fully saturated rings. The van der Waals surface area contributed by atoms with Gasteiger partial charge < -0.3 is 4.74 Å². The Bertz CT molecular complexity index is 724. The second-order valence-corrected chi connectivity index (χ2v) is 6.42. The Morgan fingerprint density at radius 1 is 1.52 bits per heavy atom. The molecule has 3 rings (SSSR count). The number of esters is 1. The number of methoxy groups -OCH3 is 1. The molecule has 1 atom stereocenters. The normalized spacial score (nSPS) is 16.7. The van der Waals surface area contributed by atoms with E-state index in [9.17, 15) is 9.59 Å². The second-order valence-electron chi connectivity index (χ2n) is 5.59. The maximum absolute atomic E-state index is 12.7. The summed E-state index contributed by atoms with van der Waals surface area (Å²) in [6, 6.07) is 0. The molecule has 0 spiro atoms. The first kappa shape index (κ1) is 15.7. The van der Waals surface area contributed by atoms with Crippen molar-refractivity contribution in [2.45, 2.75) is 25.7 Å². The number of thiazole rings is 1. The standard InChI is InChI=1S/C15H18N4O3S/c1-19(15-17-11(8-23-15)6-13(20)22-2)14(21)9-3-4-12-10(5-9)7-16-18-12/h7-9H,3-6H2,1-2H3,(H,16,18)/t9-/m0/s1. The van der Waals surface area contributed by atoms with E-state index >= 15 is 0 Å². The summed E-state index contributed by atoms with van der Waals surface area (Å²) < 4.78 is 4.63. The van der Waals surface area contributed by atoms with Gasteiger partial charge >= 0.3 is 5.97 Å². The van der Waals surface area contributed by atoms with Crippen LogP contribution in [0, 0.1) is 5.92 Å². The Hall–Kier alpha value is -2.22. The minimum absolute atomic E-state index is 0.0517. The van der Waals surface area contributed by atoms with Gasteiger partial charge in [-0.05, 0) is 24.8 Å². The van der Waals surface area contributed by atoms with E-state index in [0.29, 0.717) is 17.2 Å². The number of nitrogens with one attached hydrogen (secondary N) is 1. The van der Waals surface area contributed by atoms with Crippen molar-refractivity contribution in [1.82, 2.24) is 15.2 Å². The fraction of sp³-hybridized carbons (Fsp3) is 0.467. The molecule has 8 heteroatoms. The Kier molecular flexibility index (Phi) is 4.42.